The summed E-state index contributed by atoms with van der Waals surface area (Å²) in [6.07, 6.45) is 4.53. The minimum atomic E-state index is -0.00743. The monoisotopic (exact) mass is 268 g/mol. The maximum absolute atomic E-state index is 12.2. The highest BCUT2D eigenvalue weighted by Crippen LogP contribution is 2.13. The summed E-state index contributed by atoms with van der Waals surface area (Å²) < 4.78 is 0. The summed E-state index contributed by atoms with van der Waals surface area (Å²) in [5.41, 5.74) is 3.02. The molecule has 3 N–H and O–H groups in total. The molecule has 0 aliphatic rings. The topological polar surface area (TPSA) is 71.2 Å². The van der Waals surface area contributed by atoms with E-state index in [2.05, 4.69) is 17.3 Å². The van der Waals surface area contributed by atoms with E-state index in [1.165, 1.54) is 0 Å². The van der Waals surface area contributed by atoms with Crippen molar-refractivity contribution in [2.24, 2.45) is 5.84 Å². The van der Waals surface area contributed by atoms with Crippen molar-refractivity contribution in [3.05, 3.63) is 23.9 Å². The number of anilines is 1. The van der Waals surface area contributed by atoms with E-state index in [0.717, 1.165) is 12.2 Å². The minimum absolute atomic E-state index is 0.00743. The van der Waals surface area contributed by atoms with Crippen molar-refractivity contribution in [3.63, 3.8) is 0 Å². The van der Waals surface area contributed by atoms with Gasteiger partial charge in [0.25, 0.3) is 5.91 Å². The Labute approximate surface area is 112 Å². The highest BCUT2D eigenvalue weighted by molar-refractivity contribution is 7.98. The highest BCUT2D eigenvalue weighted by atomic mass is 32.2. The van der Waals surface area contributed by atoms with Gasteiger partial charge in [0.1, 0.15) is 5.82 Å². The second-order valence-electron chi connectivity index (χ2n) is 4.01. The number of aromatic nitrogens is 1. The van der Waals surface area contributed by atoms with Crippen molar-refractivity contribution in [2.75, 3.05) is 24.5 Å². The van der Waals surface area contributed by atoms with Gasteiger partial charge in [-0.3, -0.25) is 4.79 Å². The first kappa shape index (κ1) is 14.8. The first-order valence-electron chi connectivity index (χ1n) is 5.82. The van der Waals surface area contributed by atoms with Crippen LogP contribution in [0.2, 0.25) is 0 Å². The van der Waals surface area contributed by atoms with E-state index < -0.39 is 0 Å². The number of hydrogen-bond acceptors (Lipinski definition) is 5. The predicted molar refractivity (Wildman–Crippen MR) is 76.6 cm³/mol. The van der Waals surface area contributed by atoms with Gasteiger partial charge in [-0.2, -0.15) is 11.8 Å². The molecule has 0 aliphatic heterocycles. The maximum atomic E-state index is 12.2. The van der Waals surface area contributed by atoms with Gasteiger partial charge < -0.3 is 10.3 Å². The standard InChI is InChI=1S/C12H20N4OS/c1-4-10(8-18-3)16(2)12(17)9-5-6-11(15-13)14-7-9/h5-7,10H,4,8,13H2,1-3H3,(H,14,15). The molecule has 0 spiro atoms. The van der Waals surface area contributed by atoms with Gasteiger partial charge >= 0.3 is 0 Å². The van der Waals surface area contributed by atoms with E-state index in [9.17, 15) is 4.79 Å². The lowest BCUT2D eigenvalue weighted by Crippen LogP contribution is -2.38. The average molecular weight is 268 g/mol. The number of nitrogen functional groups attached to an aromatic ring is 1. The number of hydrogen-bond donors (Lipinski definition) is 2. The molecule has 0 fully saturated rings. The lowest BCUT2D eigenvalue weighted by Gasteiger charge is -2.26. The minimum Gasteiger partial charge on any atom is -0.338 e. The lowest BCUT2D eigenvalue weighted by molar-refractivity contribution is 0.0743. The molecule has 5 nitrogen and oxygen atoms in total. The molecule has 0 aromatic carbocycles. The molecule has 1 unspecified atom stereocenters. The normalized spacial score (nSPS) is 12.0. The Morgan fingerprint density at radius 2 is 2.33 bits per heavy atom. The summed E-state index contributed by atoms with van der Waals surface area (Å²) in [7, 11) is 1.84. The molecule has 18 heavy (non-hydrogen) atoms. The highest BCUT2D eigenvalue weighted by Gasteiger charge is 2.19. The molecule has 0 saturated heterocycles. The molecule has 1 rings (SSSR count). The third-order valence-electron chi connectivity index (χ3n) is 2.86. The van der Waals surface area contributed by atoms with Crippen LogP contribution in [-0.2, 0) is 0 Å². The fourth-order valence-electron chi connectivity index (χ4n) is 1.67. The summed E-state index contributed by atoms with van der Waals surface area (Å²) in [6, 6.07) is 3.67. The van der Waals surface area contributed by atoms with Crippen LogP contribution in [0.25, 0.3) is 0 Å². The number of amides is 1. The number of nitrogens with one attached hydrogen (secondary N) is 1. The van der Waals surface area contributed by atoms with Crippen molar-refractivity contribution >= 4 is 23.5 Å². The van der Waals surface area contributed by atoms with Gasteiger partial charge in [-0.25, -0.2) is 10.8 Å². The summed E-state index contributed by atoms with van der Waals surface area (Å²) >= 11 is 1.75. The zero-order valence-corrected chi connectivity index (χ0v) is 11.8. The van der Waals surface area contributed by atoms with Crippen LogP contribution in [0.5, 0.6) is 0 Å². The van der Waals surface area contributed by atoms with E-state index >= 15 is 0 Å². The van der Waals surface area contributed by atoms with Crippen LogP contribution in [0.1, 0.15) is 23.7 Å². The van der Waals surface area contributed by atoms with Gasteiger partial charge in [-0.15, -0.1) is 0 Å². The first-order valence-corrected chi connectivity index (χ1v) is 7.22. The molecule has 1 aromatic heterocycles. The zero-order chi connectivity index (χ0) is 13.5. The number of pyridine rings is 1. The fraction of sp³-hybridized carbons (Fsp3) is 0.500. The maximum Gasteiger partial charge on any atom is 0.255 e. The molecular formula is C12H20N4OS. The van der Waals surface area contributed by atoms with Crippen molar-refractivity contribution in [1.29, 1.82) is 0 Å². The van der Waals surface area contributed by atoms with E-state index in [1.807, 2.05) is 13.3 Å². The number of carbonyl (C=O) groups excluding carboxylic acids is 1. The summed E-state index contributed by atoms with van der Waals surface area (Å²) in [6.45, 7) is 2.09. The third kappa shape index (κ3) is 3.61. The second-order valence-corrected chi connectivity index (χ2v) is 4.92. The molecule has 1 amide bonds. The largest absolute Gasteiger partial charge is 0.338 e. The van der Waals surface area contributed by atoms with Gasteiger partial charge in [0.2, 0.25) is 0 Å². The molecule has 1 aromatic rings. The van der Waals surface area contributed by atoms with Crippen molar-refractivity contribution < 1.29 is 4.79 Å². The number of rotatable bonds is 6. The van der Waals surface area contributed by atoms with E-state index in [1.54, 1.807) is 35.0 Å². The Morgan fingerprint density at radius 3 is 2.78 bits per heavy atom. The SMILES string of the molecule is CCC(CSC)N(C)C(=O)c1ccc(NN)nc1. The Morgan fingerprint density at radius 1 is 1.61 bits per heavy atom. The quantitative estimate of drug-likeness (QED) is 0.605. The summed E-state index contributed by atoms with van der Waals surface area (Å²) in [5, 5.41) is 0. The molecule has 1 heterocycles. The molecule has 0 saturated carbocycles. The van der Waals surface area contributed by atoms with Gasteiger partial charge in [-0.05, 0) is 24.8 Å². The number of carbonyl (C=O) groups is 1. The van der Waals surface area contributed by atoms with Crippen LogP contribution in [0.4, 0.5) is 5.82 Å². The van der Waals surface area contributed by atoms with Crippen LogP contribution in [-0.4, -0.2) is 40.9 Å². The fourth-order valence-corrected chi connectivity index (χ4v) is 2.52. The van der Waals surface area contributed by atoms with Gasteiger partial charge in [-0.1, -0.05) is 6.92 Å². The smallest absolute Gasteiger partial charge is 0.255 e. The van der Waals surface area contributed by atoms with E-state index in [-0.39, 0.29) is 11.9 Å². The van der Waals surface area contributed by atoms with Gasteiger partial charge in [0, 0.05) is 25.0 Å². The number of hydrazine groups is 1. The molecule has 0 aliphatic carbocycles. The molecule has 100 valence electrons. The van der Waals surface area contributed by atoms with Crippen LogP contribution < -0.4 is 11.3 Å². The Balaban J connectivity index is 2.78. The average Bonchev–Trinajstić information content (AvgIpc) is 2.43. The number of nitrogens with zero attached hydrogens (tertiary/aromatic N) is 2. The van der Waals surface area contributed by atoms with E-state index in [0.29, 0.717) is 11.4 Å². The Kier molecular flexibility index (Phi) is 5.94. The summed E-state index contributed by atoms with van der Waals surface area (Å²) in [4.78, 5) is 18.1. The first-order chi connectivity index (χ1) is 8.63. The number of nitrogens with two attached hydrogens (primary N) is 1. The number of thioether (sulfide) groups is 1. The third-order valence-corrected chi connectivity index (χ3v) is 3.57. The lowest BCUT2D eigenvalue weighted by atomic mass is 10.2. The van der Waals surface area contributed by atoms with Crippen LogP contribution in [0, 0.1) is 0 Å². The summed E-state index contributed by atoms with van der Waals surface area (Å²) in [5.74, 6) is 6.71. The second kappa shape index (κ2) is 7.23. The molecule has 6 heteroatoms. The van der Waals surface area contributed by atoms with Gasteiger partial charge in [0.05, 0.1) is 5.56 Å². The Bertz CT molecular complexity index is 382. The van der Waals surface area contributed by atoms with E-state index in [4.69, 9.17) is 5.84 Å². The van der Waals surface area contributed by atoms with Crippen LogP contribution in [0.15, 0.2) is 18.3 Å². The zero-order valence-electron chi connectivity index (χ0n) is 11.0. The van der Waals surface area contributed by atoms with Crippen molar-refractivity contribution in [3.8, 4) is 0 Å². The predicted octanol–water partition coefficient (Wildman–Crippen LogP) is 1.58. The van der Waals surface area contributed by atoms with Crippen molar-refractivity contribution in [1.82, 2.24) is 9.88 Å². The van der Waals surface area contributed by atoms with Gasteiger partial charge in [0.15, 0.2) is 0 Å². The van der Waals surface area contributed by atoms with Crippen LogP contribution >= 0.6 is 11.8 Å². The molecular weight excluding hydrogens is 248 g/mol. The molecule has 1 atom stereocenters. The Hall–Kier alpha value is -1.27. The molecule has 0 bridgehead atoms. The van der Waals surface area contributed by atoms with Crippen LogP contribution in [0.3, 0.4) is 0 Å². The molecule has 0 radical (unpaired) electrons. The van der Waals surface area contributed by atoms with Crippen molar-refractivity contribution in [2.45, 2.75) is 19.4 Å².